The lowest BCUT2D eigenvalue weighted by molar-refractivity contribution is 0.0958. The number of hydrogen-bond acceptors (Lipinski definition) is 3. The van der Waals surface area contributed by atoms with E-state index in [-0.39, 0.29) is 25.1 Å². The molecule has 1 rings (SSSR count). The van der Waals surface area contributed by atoms with Gasteiger partial charge in [-0.15, -0.1) is 6.58 Å². The molecule has 0 atom stereocenters. The molecule has 20 heavy (non-hydrogen) atoms. The summed E-state index contributed by atoms with van der Waals surface area (Å²) >= 11 is 0. The third-order valence-electron chi connectivity index (χ3n) is 2.59. The molecule has 0 aliphatic carbocycles. The average Bonchev–Trinajstić information content (AvgIpc) is 2.45. The number of hydrogen-bond donors (Lipinski definition) is 3. The van der Waals surface area contributed by atoms with E-state index in [1.165, 1.54) is 4.90 Å². The van der Waals surface area contributed by atoms with Gasteiger partial charge in [0.05, 0.1) is 6.61 Å². The third-order valence-corrected chi connectivity index (χ3v) is 2.59. The Morgan fingerprint density at radius 3 is 2.55 bits per heavy atom. The van der Waals surface area contributed by atoms with E-state index in [4.69, 9.17) is 5.11 Å². The molecule has 1 aromatic rings. The van der Waals surface area contributed by atoms with E-state index in [1.807, 2.05) is 0 Å². The lowest BCUT2D eigenvalue weighted by Crippen LogP contribution is -2.33. The molecule has 6 heteroatoms. The Morgan fingerprint density at radius 1 is 1.35 bits per heavy atom. The SMILES string of the molecule is C=CCNC(=O)c1ccc(NC(=O)N(C)CCO)cc1. The Bertz CT molecular complexity index is 471. The third kappa shape index (κ3) is 4.74. The van der Waals surface area contributed by atoms with Crippen molar-refractivity contribution in [1.29, 1.82) is 0 Å². The summed E-state index contributed by atoms with van der Waals surface area (Å²) in [6, 6.07) is 6.23. The van der Waals surface area contributed by atoms with Crippen molar-refractivity contribution < 1.29 is 14.7 Å². The molecule has 0 aliphatic heterocycles. The van der Waals surface area contributed by atoms with Crippen molar-refractivity contribution in [2.24, 2.45) is 0 Å². The van der Waals surface area contributed by atoms with Crippen LogP contribution in [0, 0.1) is 0 Å². The molecule has 0 saturated carbocycles. The molecule has 0 bridgehead atoms. The predicted molar refractivity (Wildman–Crippen MR) is 77.7 cm³/mol. The maximum Gasteiger partial charge on any atom is 0.321 e. The Morgan fingerprint density at radius 2 is 2.00 bits per heavy atom. The van der Waals surface area contributed by atoms with E-state index in [0.29, 0.717) is 17.8 Å². The van der Waals surface area contributed by atoms with E-state index >= 15 is 0 Å². The van der Waals surface area contributed by atoms with Gasteiger partial charge in [-0.1, -0.05) is 6.08 Å². The van der Waals surface area contributed by atoms with Crippen LogP contribution in [-0.4, -0.2) is 48.7 Å². The second-order valence-electron chi connectivity index (χ2n) is 4.15. The summed E-state index contributed by atoms with van der Waals surface area (Å²) in [5.41, 5.74) is 1.09. The molecule has 3 N–H and O–H groups in total. The standard InChI is InChI=1S/C14H19N3O3/c1-3-8-15-13(19)11-4-6-12(7-5-11)16-14(20)17(2)9-10-18/h3-7,18H,1,8-10H2,2H3,(H,15,19)(H,16,20). The molecule has 6 nitrogen and oxygen atoms in total. The number of rotatable bonds is 6. The number of carbonyl (C=O) groups is 2. The second kappa shape index (κ2) is 7.96. The number of aliphatic hydroxyl groups is 1. The van der Waals surface area contributed by atoms with Crippen molar-refractivity contribution in [3.63, 3.8) is 0 Å². The van der Waals surface area contributed by atoms with Gasteiger partial charge in [-0.3, -0.25) is 4.79 Å². The summed E-state index contributed by atoms with van der Waals surface area (Å²) in [4.78, 5) is 24.7. The van der Waals surface area contributed by atoms with E-state index in [2.05, 4.69) is 17.2 Å². The van der Waals surface area contributed by atoms with E-state index < -0.39 is 0 Å². The molecule has 0 aliphatic rings. The van der Waals surface area contributed by atoms with E-state index in [9.17, 15) is 9.59 Å². The highest BCUT2D eigenvalue weighted by Gasteiger charge is 2.08. The van der Waals surface area contributed by atoms with Crippen LogP contribution in [0.2, 0.25) is 0 Å². The highest BCUT2D eigenvalue weighted by Crippen LogP contribution is 2.10. The summed E-state index contributed by atoms with van der Waals surface area (Å²) in [5.74, 6) is -0.194. The number of aliphatic hydroxyl groups excluding tert-OH is 1. The van der Waals surface area contributed by atoms with Crippen LogP contribution in [0.5, 0.6) is 0 Å². The zero-order chi connectivity index (χ0) is 15.0. The molecule has 0 saturated heterocycles. The highest BCUT2D eigenvalue weighted by atomic mass is 16.3. The fourth-order valence-corrected chi connectivity index (χ4v) is 1.44. The van der Waals surface area contributed by atoms with Crippen molar-refractivity contribution in [1.82, 2.24) is 10.2 Å². The van der Waals surface area contributed by atoms with Crippen molar-refractivity contribution in [3.8, 4) is 0 Å². The summed E-state index contributed by atoms with van der Waals surface area (Å²) in [7, 11) is 1.59. The second-order valence-corrected chi connectivity index (χ2v) is 4.15. The van der Waals surface area contributed by atoms with Gasteiger partial charge in [0.25, 0.3) is 5.91 Å². The smallest absolute Gasteiger partial charge is 0.321 e. The molecular weight excluding hydrogens is 258 g/mol. The number of nitrogens with one attached hydrogen (secondary N) is 2. The van der Waals surface area contributed by atoms with E-state index in [1.54, 1.807) is 37.4 Å². The van der Waals surface area contributed by atoms with Crippen LogP contribution in [0.1, 0.15) is 10.4 Å². The van der Waals surface area contributed by atoms with Crippen LogP contribution in [0.3, 0.4) is 0 Å². The number of amides is 3. The summed E-state index contributed by atoms with van der Waals surface area (Å²) in [6.45, 7) is 4.09. The minimum absolute atomic E-state index is 0.0909. The molecule has 0 spiro atoms. The molecule has 0 heterocycles. The molecule has 1 aromatic carbocycles. The van der Waals surface area contributed by atoms with Gasteiger partial charge in [-0.05, 0) is 24.3 Å². The predicted octanol–water partition coefficient (Wildman–Crippen LogP) is 1.06. The van der Waals surface area contributed by atoms with Crippen molar-refractivity contribution >= 4 is 17.6 Å². The van der Waals surface area contributed by atoms with E-state index in [0.717, 1.165) is 0 Å². The zero-order valence-electron chi connectivity index (χ0n) is 11.4. The van der Waals surface area contributed by atoms with Crippen molar-refractivity contribution in [2.45, 2.75) is 0 Å². The average molecular weight is 277 g/mol. The maximum absolute atomic E-state index is 11.7. The highest BCUT2D eigenvalue weighted by molar-refractivity contribution is 5.95. The van der Waals surface area contributed by atoms with Crippen LogP contribution >= 0.6 is 0 Å². The molecule has 3 amide bonds. The molecule has 0 radical (unpaired) electrons. The van der Waals surface area contributed by atoms with Crippen LogP contribution in [-0.2, 0) is 0 Å². The van der Waals surface area contributed by atoms with Gasteiger partial charge < -0.3 is 20.6 Å². The number of anilines is 1. The lowest BCUT2D eigenvalue weighted by atomic mass is 10.2. The maximum atomic E-state index is 11.7. The summed E-state index contributed by atoms with van der Waals surface area (Å²) < 4.78 is 0. The number of likely N-dealkylation sites (N-methyl/N-ethyl adjacent to an activating group) is 1. The summed E-state index contributed by atoms with van der Waals surface area (Å²) in [5, 5.41) is 14.1. The first-order valence-corrected chi connectivity index (χ1v) is 6.20. The number of benzene rings is 1. The van der Waals surface area contributed by atoms with Gasteiger partial charge in [-0.25, -0.2) is 4.79 Å². The molecule has 0 unspecified atom stereocenters. The number of urea groups is 1. The van der Waals surface area contributed by atoms with Gasteiger partial charge in [0.15, 0.2) is 0 Å². The first-order valence-electron chi connectivity index (χ1n) is 6.20. The lowest BCUT2D eigenvalue weighted by Gasteiger charge is -2.16. The van der Waals surface area contributed by atoms with Gasteiger partial charge in [0.2, 0.25) is 0 Å². The Kier molecular flexibility index (Phi) is 6.25. The Labute approximate surface area is 118 Å². The fraction of sp³-hybridized carbons (Fsp3) is 0.286. The molecular formula is C14H19N3O3. The Balaban J connectivity index is 2.60. The fourth-order valence-electron chi connectivity index (χ4n) is 1.44. The molecule has 108 valence electrons. The first kappa shape index (κ1) is 15.7. The zero-order valence-corrected chi connectivity index (χ0v) is 11.4. The minimum atomic E-state index is -0.317. The first-order chi connectivity index (χ1) is 9.58. The van der Waals surface area contributed by atoms with Gasteiger partial charge >= 0.3 is 6.03 Å². The normalized spacial score (nSPS) is 9.70. The minimum Gasteiger partial charge on any atom is -0.395 e. The monoisotopic (exact) mass is 277 g/mol. The number of carbonyl (C=O) groups excluding carboxylic acids is 2. The van der Waals surface area contributed by atoms with Gasteiger partial charge in [0, 0.05) is 31.4 Å². The molecule has 0 fully saturated rings. The number of nitrogens with zero attached hydrogens (tertiary/aromatic N) is 1. The van der Waals surface area contributed by atoms with Crippen LogP contribution in [0.25, 0.3) is 0 Å². The van der Waals surface area contributed by atoms with Crippen LogP contribution in [0.4, 0.5) is 10.5 Å². The van der Waals surface area contributed by atoms with Crippen molar-refractivity contribution in [3.05, 3.63) is 42.5 Å². The topological polar surface area (TPSA) is 81.7 Å². The quantitative estimate of drug-likeness (QED) is 0.680. The molecule has 0 aromatic heterocycles. The van der Waals surface area contributed by atoms with Crippen LogP contribution in [0.15, 0.2) is 36.9 Å². The van der Waals surface area contributed by atoms with Gasteiger partial charge in [-0.2, -0.15) is 0 Å². The largest absolute Gasteiger partial charge is 0.395 e. The van der Waals surface area contributed by atoms with Crippen molar-refractivity contribution in [2.75, 3.05) is 32.1 Å². The Hall–Kier alpha value is -2.34. The summed E-state index contributed by atoms with van der Waals surface area (Å²) in [6.07, 6.45) is 1.60. The van der Waals surface area contributed by atoms with Gasteiger partial charge in [0.1, 0.15) is 0 Å². The van der Waals surface area contributed by atoms with Crippen LogP contribution < -0.4 is 10.6 Å².